The predicted molar refractivity (Wildman–Crippen MR) is 136 cm³/mol. The van der Waals surface area contributed by atoms with Gasteiger partial charge in [-0.25, -0.2) is 0 Å². The van der Waals surface area contributed by atoms with Crippen molar-refractivity contribution < 1.29 is 19.2 Å². The maximum absolute atomic E-state index is 12.4. The Bertz CT molecular complexity index is 1260. The Morgan fingerprint density at radius 2 is 1.81 bits per heavy atom. The second-order valence-electron chi connectivity index (χ2n) is 8.02. The molecule has 0 spiro atoms. The summed E-state index contributed by atoms with van der Waals surface area (Å²) in [6.45, 7) is 7.98. The first-order chi connectivity index (χ1) is 17.2. The number of aromatic nitrogens is 3. The van der Waals surface area contributed by atoms with Gasteiger partial charge in [-0.2, -0.15) is 0 Å². The van der Waals surface area contributed by atoms with E-state index in [0.29, 0.717) is 34.5 Å². The van der Waals surface area contributed by atoms with Gasteiger partial charge in [0.25, 0.3) is 11.6 Å². The Balaban J connectivity index is 1.52. The van der Waals surface area contributed by atoms with Crippen LogP contribution in [0.25, 0.3) is 0 Å². The fraction of sp³-hybridized carbons (Fsp3) is 0.333. The molecule has 36 heavy (non-hydrogen) atoms. The Morgan fingerprint density at radius 1 is 1.08 bits per heavy atom. The number of hydrogen-bond donors (Lipinski definition) is 2. The van der Waals surface area contributed by atoms with Gasteiger partial charge in [-0.05, 0) is 44.9 Å². The van der Waals surface area contributed by atoms with E-state index in [1.54, 1.807) is 23.6 Å². The zero-order valence-corrected chi connectivity index (χ0v) is 21.3. The fourth-order valence-corrected chi connectivity index (χ4v) is 4.30. The van der Waals surface area contributed by atoms with Gasteiger partial charge in [0, 0.05) is 23.9 Å². The van der Waals surface area contributed by atoms with E-state index in [0.717, 1.165) is 11.1 Å². The molecule has 0 bridgehead atoms. The van der Waals surface area contributed by atoms with Gasteiger partial charge in [0.2, 0.25) is 5.91 Å². The van der Waals surface area contributed by atoms with Crippen LogP contribution >= 0.6 is 11.8 Å². The number of hydrogen-bond acceptors (Lipinski definition) is 8. The van der Waals surface area contributed by atoms with Crippen molar-refractivity contribution in [3.8, 4) is 5.75 Å². The number of nitrogens with one attached hydrogen (secondary N) is 2. The third-order valence-electron chi connectivity index (χ3n) is 5.33. The van der Waals surface area contributed by atoms with Crippen molar-refractivity contribution in [1.29, 1.82) is 0 Å². The van der Waals surface area contributed by atoms with Crippen LogP contribution in [-0.4, -0.2) is 43.9 Å². The number of nitro benzene ring substituents is 1. The summed E-state index contributed by atoms with van der Waals surface area (Å²) >= 11 is 1.18. The molecule has 3 aromatic rings. The number of amides is 2. The second-order valence-corrected chi connectivity index (χ2v) is 8.97. The lowest BCUT2D eigenvalue weighted by Gasteiger charge is -2.12. The van der Waals surface area contributed by atoms with Crippen LogP contribution in [0, 0.1) is 30.9 Å². The molecule has 0 saturated carbocycles. The van der Waals surface area contributed by atoms with Crippen molar-refractivity contribution in [2.45, 2.75) is 45.9 Å². The molecule has 12 heteroatoms. The molecule has 0 aliphatic rings. The zero-order valence-electron chi connectivity index (χ0n) is 20.5. The largest absolute Gasteiger partial charge is 0.483 e. The molecule has 190 valence electrons. The number of carbonyl (C=O) groups is 2. The first kappa shape index (κ1) is 26.7. The molecule has 2 aromatic carbocycles. The third kappa shape index (κ3) is 6.81. The van der Waals surface area contributed by atoms with Crippen LogP contribution < -0.4 is 15.4 Å². The molecule has 1 aromatic heterocycles. The van der Waals surface area contributed by atoms with E-state index in [-0.39, 0.29) is 36.4 Å². The molecule has 3 rings (SSSR count). The number of benzene rings is 2. The van der Waals surface area contributed by atoms with Crippen molar-refractivity contribution in [2.75, 3.05) is 17.7 Å². The molecular formula is C24H28N6O5S. The van der Waals surface area contributed by atoms with Crippen molar-refractivity contribution >= 4 is 35.0 Å². The molecular weight excluding hydrogens is 484 g/mol. The summed E-state index contributed by atoms with van der Waals surface area (Å²) in [5.41, 5.74) is 2.72. The van der Waals surface area contributed by atoms with Crippen LogP contribution in [0.1, 0.15) is 29.4 Å². The number of para-hydroxylation sites is 1. The highest BCUT2D eigenvalue weighted by Crippen LogP contribution is 2.24. The molecule has 0 aliphatic heterocycles. The number of nitrogens with zero attached hydrogens (tertiary/aromatic N) is 4. The minimum Gasteiger partial charge on any atom is -0.483 e. The summed E-state index contributed by atoms with van der Waals surface area (Å²) in [5.74, 6) is 0.665. The van der Waals surface area contributed by atoms with Crippen LogP contribution in [0.5, 0.6) is 5.75 Å². The quantitative estimate of drug-likeness (QED) is 0.226. The first-order valence-electron chi connectivity index (χ1n) is 11.2. The van der Waals surface area contributed by atoms with E-state index in [1.165, 1.54) is 17.8 Å². The van der Waals surface area contributed by atoms with Gasteiger partial charge in [0.15, 0.2) is 17.6 Å². The fourth-order valence-electron chi connectivity index (χ4n) is 3.48. The number of carbonyl (C=O) groups excluding carboxylic acids is 2. The molecule has 0 radical (unpaired) electrons. The highest BCUT2D eigenvalue weighted by molar-refractivity contribution is 7.99. The predicted octanol–water partition coefficient (Wildman–Crippen LogP) is 3.56. The van der Waals surface area contributed by atoms with Gasteiger partial charge < -0.3 is 19.9 Å². The summed E-state index contributed by atoms with van der Waals surface area (Å²) in [6.07, 6.45) is 0. The maximum Gasteiger partial charge on any atom is 0.274 e. The Labute approximate surface area is 212 Å². The SMILES string of the molecule is CCn1c(CNC(=O)COc2c(C)cccc2C)nnc1SCC(=O)Nc1ccc(C)c([N+](=O)[O-])c1. The van der Waals surface area contributed by atoms with E-state index in [9.17, 15) is 19.7 Å². The topological polar surface area (TPSA) is 141 Å². The molecule has 0 unspecified atom stereocenters. The molecule has 0 aliphatic carbocycles. The van der Waals surface area contributed by atoms with Crippen LogP contribution in [-0.2, 0) is 22.7 Å². The number of nitro groups is 1. The summed E-state index contributed by atoms with van der Waals surface area (Å²) in [4.78, 5) is 35.3. The number of aryl methyl sites for hydroxylation is 3. The number of rotatable bonds is 11. The van der Waals surface area contributed by atoms with Crippen LogP contribution in [0.15, 0.2) is 41.6 Å². The van der Waals surface area contributed by atoms with Crippen molar-refractivity contribution in [3.63, 3.8) is 0 Å². The summed E-state index contributed by atoms with van der Waals surface area (Å²) in [7, 11) is 0. The van der Waals surface area contributed by atoms with E-state index in [4.69, 9.17) is 4.74 Å². The van der Waals surface area contributed by atoms with Crippen LogP contribution in [0.4, 0.5) is 11.4 Å². The highest BCUT2D eigenvalue weighted by Gasteiger charge is 2.16. The molecule has 0 saturated heterocycles. The van der Waals surface area contributed by atoms with Crippen molar-refractivity contribution in [1.82, 2.24) is 20.1 Å². The van der Waals surface area contributed by atoms with Crippen LogP contribution in [0.2, 0.25) is 0 Å². The number of thioether (sulfide) groups is 1. The van der Waals surface area contributed by atoms with E-state index in [1.807, 2.05) is 39.0 Å². The van der Waals surface area contributed by atoms with E-state index >= 15 is 0 Å². The van der Waals surface area contributed by atoms with Gasteiger partial charge in [-0.15, -0.1) is 10.2 Å². The van der Waals surface area contributed by atoms with Gasteiger partial charge in [0.05, 0.1) is 17.2 Å². The normalized spacial score (nSPS) is 10.7. The smallest absolute Gasteiger partial charge is 0.274 e. The summed E-state index contributed by atoms with van der Waals surface area (Å²) in [5, 5.41) is 25.3. The number of ether oxygens (including phenoxy) is 1. The molecule has 1 heterocycles. The molecule has 0 atom stereocenters. The van der Waals surface area contributed by atoms with Crippen molar-refractivity contribution in [2.24, 2.45) is 0 Å². The summed E-state index contributed by atoms with van der Waals surface area (Å²) < 4.78 is 7.49. The lowest BCUT2D eigenvalue weighted by molar-refractivity contribution is -0.385. The summed E-state index contributed by atoms with van der Waals surface area (Å²) in [6, 6.07) is 10.3. The Kier molecular flexibility index (Phi) is 9.01. The van der Waals surface area contributed by atoms with E-state index < -0.39 is 4.92 Å². The lowest BCUT2D eigenvalue weighted by Crippen LogP contribution is -2.29. The average molecular weight is 513 g/mol. The molecule has 2 amide bonds. The molecule has 11 nitrogen and oxygen atoms in total. The Hall–Kier alpha value is -3.93. The minimum atomic E-state index is -0.486. The first-order valence-corrected chi connectivity index (χ1v) is 12.2. The Morgan fingerprint density at radius 3 is 2.47 bits per heavy atom. The standard InChI is InChI=1S/C24H28N6O5S/c1-5-29-20(12-25-21(31)13-35-23-16(3)7-6-8-17(23)4)27-28-24(29)36-14-22(32)26-18-10-9-15(2)19(11-18)30(33)34/h6-11H,5,12-14H2,1-4H3,(H,25,31)(H,26,32). The monoisotopic (exact) mass is 512 g/mol. The average Bonchev–Trinajstić information content (AvgIpc) is 3.24. The van der Waals surface area contributed by atoms with E-state index in [2.05, 4.69) is 20.8 Å². The third-order valence-corrected chi connectivity index (χ3v) is 6.30. The molecule has 0 fully saturated rings. The van der Waals surface area contributed by atoms with Gasteiger partial charge in [-0.1, -0.05) is 36.0 Å². The minimum absolute atomic E-state index is 0.0375. The van der Waals surface area contributed by atoms with Gasteiger partial charge in [-0.3, -0.25) is 19.7 Å². The van der Waals surface area contributed by atoms with Gasteiger partial charge in [0.1, 0.15) is 5.75 Å². The molecule has 2 N–H and O–H groups in total. The number of anilines is 1. The highest BCUT2D eigenvalue weighted by atomic mass is 32.2. The lowest BCUT2D eigenvalue weighted by atomic mass is 10.1. The van der Waals surface area contributed by atoms with Crippen molar-refractivity contribution in [3.05, 3.63) is 69.0 Å². The maximum atomic E-state index is 12.4. The van der Waals surface area contributed by atoms with Crippen LogP contribution in [0.3, 0.4) is 0 Å². The second kappa shape index (κ2) is 12.2. The zero-order chi connectivity index (χ0) is 26.2. The van der Waals surface area contributed by atoms with Gasteiger partial charge >= 0.3 is 0 Å².